The smallest absolute Gasteiger partial charge is 0.222 e. The second-order valence-corrected chi connectivity index (χ2v) is 5.44. The van der Waals surface area contributed by atoms with Crippen molar-refractivity contribution >= 4 is 28.2 Å². The summed E-state index contributed by atoms with van der Waals surface area (Å²) in [6.07, 6.45) is 2.84. The molecule has 0 aliphatic carbocycles. The van der Waals surface area contributed by atoms with Crippen molar-refractivity contribution in [1.82, 2.24) is 4.98 Å². The summed E-state index contributed by atoms with van der Waals surface area (Å²) < 4.78 is 10.8. The van der Waals surface area contributed by atoms with Crippen LogP contribution in [-0.4, -0.2) is 31.2 Å². The van der Waals surface area contributed by atoms with Crippen molar-refractivity contribution in [1.29, 1.82) is 5.26 Å². The number of anilines is 1. The molecule has 0 unspecified atom stereocenters. The third kappa shape index (κ3) is 2.94. The van der Waals surface area contributed by atoms with Gasteiger partial charge in [-0.2, -0.15) is 5.26 Å². The van der Waals surface area contributed by atoms with Crippen LogP contribution in [0.5, 0.6) is 5.75 Å². The number of fused-ring (bicyclic) bond motifs is 1. The fourth-order valence-corrected chi connectivity index (χ4v) is 2.80. The first-order valence-electron chi connectivity index (χ1n) is 7.60. The maximum Gasteiger partial charge on any atom is 0.222 e. The minimum atomic E-state index is -0.277. The van der Waals surface area contributed by atoms with Crippen LogP contribution in [0.2, 0.25) is 0 Å². The molecule has 1 aliphatic rings. The molecule has 0 spiro atoms. The Morgan fingerprint density at radius 1 is 1.46 bits per heavy atom. The molecular formula is C18H17N3O3. The molecule has 2 aromatic rings. The van der Waals surface area contributed by atoms with Gasteiger partial charge in [0.25, 0.3) is 0 Å². The van der Waals surface area contributed by atoms with Gasteiger partial charge in [-0.05, 0) is 29.7 Å². The van der Waals surface area contributed by atoms with E-state index >= 15 is 0 Å². The summed E-state index contributed by atoms with van der Waals surface area (Å²) in [6.45, 7) is 2.63. The van der Waals surface area contributed by atoms with E-state index in [1.165, 1.54) is 6.92 Å². The highest BCUT2D eigenvalue weighted by atomic mass is 16.5. The van der Waals surface area contributed by atoms with Gasteiger partial charge in [0.1, 0.15) is 17.3 Å². The molecule has 2 heterocycles. The zero-order valence-electron chi connectivity index (χ0n) is 13.5. The molecule has 0 bridgehead atoms. The number of nitrogens with zero attached hydrogens (tertiary/aromatic N) is 2. The highest BCUT2D eigenvalue weighted by Gasteiger charge is 2.17. The lowest BCUT2D eigenvalue weighted by Gasteiger charge is -2.17. The van der Waals surface area contributed by atoms with E-state index in [2.05, 4.69) is 16.4 Å². The van der Waals surface area contributed by atoms with E-state index in [0.29, 0.717) is 30.0 Å². The van der Waals surface area contributed by atoms with Crippen molar-refractivity contribution in [2.24, 2.45) is 0 Å². The minimum Gasteiger partial charge on any atom is -0.494 e. The van der Waals surface area contributed by atoms with Gasteiger partial charge in [0.05, 0.1) is 25.9 Å². The van der Waals surface area contributed by atoms with Crippen LogP contribution in [0.4, 0.5) is 5.82 Å². The van der Waals surface area contributed by atoms with Gasteiger partial charge in [-0.15, -0.1) is 0 Å². The first kappa shape index (κ1) is 16.0. The molecule has 122 valence electrons. The van der Waals surface area contributed by atoms with E-state index in [0.717, 1.165) is 22.9 Å². The number of hydrogen-bond acceptors (Lipinski definition) is 5. The molecule has 0 saturated carbocycles. The van der Waals surface area contributed by atoms with Gasteiger partial charge in [-0.3, -0.25) is 4.79 Å². The Hall–Kier alpha value is -2.91. The molecule has 1 aliphatic heterocycles. The van der Waals surface area contributed by atoms with Crippen molar-refractivity contribution in [2.45, 2.75) is 13.3 Å². The zero-order valence-corrected chi connectivity index (χ0v) is 13.5. The van der Waals surface area contributed by atoms with E-state index in [1.807, 2.05) is 18.2 Å². The van der Waals surface area contributed by atoms with Gasteiger partial charge in [0.2, 0.25) is 5.91 Å². The Bertz CT molecular complexity index is 881. The number of aromatic nitrogens is 1. The Labute approximate surface area is 139 Å². The third-order valence-corrected chi connectivity index (χ3v) is 3.89. The SMILES string of the molecule is COc1ccc(C2=CCOCC2)c2cc(C#N)c(NC(C)=O)nc12. The van der Waals surface area contributed by atoms with Crippen LogP contribution >= 0.6 is 0 Å². The lowest BCUT2D eigenvalue weighted by Crippen LogP contribution is -2.10. The van der Waals surface area contributed by atoms with E-state index in [-0.39, 0.29) is 11.7 Å². The number of amides is 1. The van der Waals surface area contributed by atoms with Crippen LogP contribution in [0.15, 0.2) is 24.3 Å². The second-order valence-electron chi connectivity index (χ2n) is 5.44. The summed E-state index contributed by atoms with van der Waals surface area (Å²) in [7, 11) is 1.57. The summed E-state index contributed by atoms with van der Waals surface area (Å²) in [6, 6.07) is 7.67. The predicted molar refractivity (Wildman–Crippen MR) is 90.7 cm³/mol. The monoisotopic (exact) mass is 323 g/mol. The average molecular weight is 323 g/mol. The third-order valence-electron chi connectivity index (χ3n) is 3.89. The van der Waals surface area contributed by atoms with Crippen molar-refractivity contribution in [2.75, 3.05) is 25.6 Å². The lowest BCUT2D eigenvalue weighted by molar-refractivity contribution is -0.114. The van der Waals surface area contributed by atoms with Crippen LogP contribution in [-0.2, 0) is 9.53 Å². The number of ether oxygens (including phenoxy) is 2. The zero-order chi connectivity index (χ0) is 17.1. The predicted octanol–water partition coefficient (Wildman–Crippen LogP) is 2.88. The van der Waals surface area contributed by atoms with Gasteiger partial charge in [-0.25, -0.2) is 4.98 Å². The molecule has 6 nitrogen and oxygen atoms in total. The quantitative estimate of drug-likeness (QED) is 0.939. The molecule has 6 heteroatoms. The van der Waals surface area contributed by atoms with Gasteiger partial charge in [-0.1, -0.05) is 12.1 Å². The lowest BCUT2D eigenvalue weighted by atomic mass is 9.96. The molecule has 0 radical (unpaired) electrons. The fraction of sp³-hybridized carbons (Fsp3) is 0.278. The maximum absolute atomic E-state index is 11.4. The molecule has 1 aromatic carbocycles. The Morgan fingerprint density at radius 3 is 2.92 bits per heavy atom. The molecule has 24 heavy (non-hydrogen) atoms. The number of hydrogen-bond donors (Lipinski definition) is 1. The van der Waals surface area contributed by atoms with Crippen LogP contribution in [0.3, 0.4) is 0 Å². The van der Waals surface area contributed by atoms with Crippen LogP contribution in [0.25, 0.3) is 16.5 Å². The first-order chi connectivity index (χ1) is 11.6. The maximum atomic E-state index is 11.4. The van der Waals surface area contributed by atoms with Crippen molar-refractivity contribution in [3.8, 4) is 11.8 Å². The van der Waals surface area contributed by atoms with Crippen LogP contribution < -0.4 is 10.1 Å². The minimum absolute atomic E-state index is 0.244. The van der Waals surface area contributed by atoms with Crippen molar-refractivity contribution in [3.63, 3.8) is 0 Å². The summed E-state index contributed by atoms with van der Waals surface area (Å²) >= 11 is 0. The van der Waals surface area contributed by atoms with E-state index in [9.17, 15) is 10.1 Å². The Morgan fingerprint density at radius 2 is 2.29 bits per heavy atom. The molecule has 1 amide bonds. The number of methoxy groups -OCH3 is 1. The van der Waals surface area contributed by atoms with Gasteiger partial charge in [0.15, 0.2) is 5.82 Å². The van der Waals surface area contributed by atoms with Crippen molar-refractivity contribution in [3.05, 3.63) is 35.4 Å². The van der Waals surface area contributed by atoms with Gasteiger partial charge in [0, 0.05) is 12.3 Å². The molecule has 0 fully saturated rings. The molecule has 0 atom stereocenters. The number of benzene rings is 1. The van der Waals surface area contributed by atoms with E-state index < -0.39 is 0 Å². The standard InChI is InChI=1S/C18H17N3O3/c1-11(22)20-18-13(10-19)9-15-14(12-5-7-24-8-6-12)3-4-16(23-2)17(15)21-18/h3-5,9H,6-8H2,1-2H3,(H,20,21,22). The van der Waals surface area contributed by atoms with Gasteiger partial charge < -0.3 is 14.8 Å². The number of pyridine rings is 1. The second kappa shape index (κ2) is 6.69. The number of nitrogens with one attached hydrogen (secondary N) is 1. The summed E-state index contributed by atoms with van der Waals surface area (Å²) in [5.41, 5.74) is 3.10. The molecular weight excluding hydrogens is 306 g/mol. The molecule has 1 N–H and O–H groups in total. The van der Waals surface area contributed by atoms with E-state index in [1.54, 1.807) is 13.2 Å². The number of carbonyl (C=O) groups is 1. The normalized spacial score (nSPS) is 14.0. The van der Waals surface area contributed by atoms with Crippen LogP contribution in [0.1, 0.15) is 24.5 Å². The topological polar surface area (TPSA) is 84.2 Å². The summed E-state index contributed by atoms with van der Waals surface area (Å²) in [4.78, 5) is 15.8. The highest BCUT2D eigenvalue weighted by molar-refractivity contribution is 5.99. The van der Waals surface area contributed by atoms with Crippen LogP contribution in [0, 0.1) is 11.3 Å². The van der Waals surface area contributed by atoms with E-state index in [4.69, 9.17) is 9.47 Å². The average Bonchev–Trinajstić information content (AvgIpc) is 2.60. The Kier molecular flexibility index (Phi) is 4.45. The van der Waals surface area contributed by atoms with Gasteiger partial charge >= 0.3 is 0 Å². The summed E-state index contributed by atoms with van der Waals surface area (Å²) in [5.74, 6) is 0.562. The largest absolute Gasteiger partial charge is 0.494 e. The summed E-state index contributed by atoms with van der Waals surface area (Å²) in [5, 5.41) is 12.8. The number of rotatable bonds is 3. The number of carbonyl (C=O) groups excluding carboxylic acids is 1. The first-order valence-corrected chi connectivity index (χ1v) is 7.60. The van der Waals surface area contributed by atoms with Crippen molar-refractivity contribution < 1.29 is 14.3 Å². The molecule has 3 rings (SSSR count). The molecule has 1 aromatic heterocycles. The Balaban J connectivity index is 2.27. The fourth-order valence-electron chi connectivity index (χ4n) is 2.80. The highest BCUT2D eigenvalue weighted by Crippen LogP contribution is 2.35. The molecule has 0 saturated heterocycles. The number of nitriles is 1.